The lowest BCUT2D eigenvalue weighted by Gasteiger charge is -2.34. The van der Waals surface area contributed by atoms with Crippen molar-refractivity contribution in [2.24, 2.45) is 0 Å². The summed E-state index contributed by atoms with van der Waals surface area (Å²) in [4.78, 5) is 22.8. The number of rotatable bonds is 5. The highest BCUT2D eigenvalue weighted by Crippen LogP contribution is 2.27. The van der Waals surface area contributed by atoms with Gasteiger partial charge in [0.25, 0.3) is 5.91 Å². The molecule has 4 aromatic rings. The number of halogens is 1. The highest BCUT2D eigenvalue weighted by Gasteiger charge is 2.24. The molecule has 0 spiro atoms. The van der Waals surface area contributed by atoms with Gasteiger partial charge in [-0.25, -0.2) is 4.98 Å². The molecule has 4 nitrogen and oxygen atoms in total. The van der Waals surface area contributed by atoms with Crippen LogP contribution in [0.1, 0.15) is 15.9 Å². The van der Waals surface area contributed by atoms with Crippen LogP contribution in [0.25, 0.3) is 28.2 Å². The van der Waals surface area contributed by atoms with Crippen molar-refractivity contribution in [2.45, 2.75) is 0 Å². The number of benzene rings is 3. The van der Waals surface area contributed by atoms with Crippen molar-refractivity contribution in [3.8, 4) is 11.3 Å². The van der Waals surface area contributed by atoms with Crippen LogP contribution in [0.3, 0.4) is 0 Å². The Morgan fingerprint density at radius 3 is 2.35 bits per heavy atom. The van der Waals surface area contributed by atoms with Gasteiger partial charge in [-0.2, -0.15) is 0 Å². The van der Waals surface area contributed by atoms with Crippen LogP contribution in [0.15, 0.2) is 95.5 Å². The second-order valence-electron chi connectivity index (χ2n) is 8.48. The third kappa shape index (κ3) is 5.11. The second kappa shape index (κ2) is 10.3. The Labute approximate surface area is 208 Å². The average Bonchev–Trinajstić information content (AvgIpc) is 2.89. The van der Waals surface area contributed by atoms with Crippen LogP contribution < -0.4 is 0 Å². The Bertz CT molecular complexity index is 1310. The zero-order valence-electron chi connectivity index (χ0n) is 18.9. The standard InChI is InChI=1S/C29H26BrN3O/c30-24-14-12-23(13-15-24)28-21-26(25-10-4-5-11-27(25)31-28)29(34)33-19-17-32(18-20-33)16-6-9-22-7-2-1-3-8-22/h1-15,21H,16-20H2. The van der Waals surface area contributed by atoms with Crippen LogP contribution in [-0.4, -0.2) is 53.4 Å². The molecule has 0 N–H and O–H groups in total. The first-order valence-corrected chi connectivity index (χ1v) is 12.4. The maximum Gasteiger partial charge on any atom is 0.254 e. The molecule has 1 saturated heterocycles. The molecule has 5 heteroatoms. The molecule has 0 radical (unpaired) electrons. The Morgan fingerprint density at radius 2 is 1.59 bits per heavy atom. The van der Waals surface area contributed by atoms with Crippen LogP contribution in [0.2, 0.25) is 0 Å². The Kier molecular flexibility index (Phi) is 6.84. The van der Waals surface area contributed by atoms with Gasteiger partial charge in [0.15, 0.2) is 0 Å². The van der Waals surface area contributed by atoms with Gasteiger partial charge in [0.1, 0.15) is 0 Å². The summed E-state index contributed by atoms with van der Waals surface area (Å²) in [6.07, 6.45) is 4.36. The number of para-hydroxylation sites is 1. The molecule has 1 aliphatic rings. The van der Waals surface area contributed by atoms with E-state index in [2.05, 4.69) is 57.2 Å². The monoisotopic (exact) mass is 511 g/mol. The summed E-state index contributed by atoms with van der Waals surface area (Å²) in [7, 11) is 0. The Balaban J connectivity index is 1.31. The van der Waals surface area contributed by atoms with E-state index in [1.165, 1.54) is 5.56 Å². The van der Waals surface area contributed by atoms with Crippen molar-refractivity contribution in [2.75, 3.05) is 32.7 Å². The second-order valence-corrected chi connectivity index (χ2v) is 9.40. The Morgan fingerprint density at radius 1 is 0.882 bits per heavy atom. The molecule has 1 aromatic heterocycles. The number of fused-ring (bicyclic) bond motifs is 1. The highest BCUT2D eigenvalue weighted by molar-refractivity contribution is 9.10. The van der Waals surface area contributed by atoms with Crippen LogP contribution in [-0.2, 0) is 0 Å². The molecule has 1 fully saturated rings. The van der Waals surface area contributed by atoms with E-state index in [1.807, 2.05) is 65.6 Å². The number of aromatic nitrogens is 1. The molecule has 0 unspecified atom stereocenters. The predicted molar refractivity (Wildman–Crippen MR) is 143 cm³/mol. The molecule has 1 amide bonds. The first kappa shape index (κ1) is 22.5. The van der Waals surface area contributed by atoms with Gasteiger partial charge in [0, 0.05) is 48.1 Å². The molecule has 3 aromatic carbocycles. The summed E-state index contributed by atoms with van der Waals surface area (Å²) in [5.74, 6) is 0.0800. The number of piperazine rings is 1. The lowest BCUT2D eigenvalue weighted by atomic mass is 10.0. The molecule has 34 heavy (non-hydrogen) atoms. The van der Waals surface area contributed by atoms with Crippen molar-refractivity contribution >= 4 is 38.8 Å². The van der Waals surface area contributed by atoms with E-state index in [0.29, 0.717) is 0 Å². The van der Waals surface area contributed by atoms with E-state index in [0.717, 1.165) is 64.9 Å². The summed E-state index contributed by atoms with van der Waals surface area (Å²) in [6.45, 7) is 4.08. The lowest BCUT2D eigenvalue weighted by Crippen LogP contribution is -2.48. The maximum atomic E-state index is 13.6. The predicted octanol–water partition coefficient (Wildman–Crippen LogP) is 6.14. The van der Waals surface area contributed by atoms with Gasteiger partial charge in [-0.3, -0.25) is 9.69 Å². The molecular weight excluding hydrogens is 486 g/mol. The van der Waals surface area contributed by atoms with Crippen molar-refractivity contribution in [3.05, 3.63) is 107 Å². The molecule has 0 atom stereocenters. The molecular formula is C29H26BrN3O. The smallest absolute Gasteiger partial charge is 0.254 e. The number of amides is 1. The van der Waals surface area contributed by atoms with Crippen LogP contribution in [0, 0.1) is 0 Å². The Hall–Kier alpha value is -3.28. The van der Waals surface area contributed by atoms with Gasteiger partial charge < -0.3 is 4.90 Å². The van der Waals surface area contributed by atoms with Gasteiger partial charge in [-0.1, -0.05) is 88.7 Å². The highest BCUT2D eigenvalue weighted by atomic mass is 79.9. The number of hydrogen-bond acceptors (Lipinski definition) is 3. The van der Waals surface area contributed by atoms with Gasteiger partial charge in [0.05, 0.1) is 16.8 Å². The van der Waals surface area contributed by atoms with Crippen molar-refractivity contribution in [1.82, 2.24) is 14.8 Å². The van der Waals surface area contributed by atoms with E-state index < -0.39 is 0 Å². The van der Waals surface area contributed by atoms with Crippen LogP contribution >= 0.6 is 15.9 Å². The fourth-order valence-electron chi connectivity index (χ4n) is 4.33. The van der Waals surface area contributed by atoms with Gasteiger partial charge in [0.2, 0.25) is 0 Å². The van der Waals surface area contributed by atoms with E-state index >= 15 is 0 Å². The first-order chi connectivity index (χ1) is 16.7. The number of carbonyl (C=O) groups is 1. The largest absolute Gasteiger partial charge is 0.336 e. The zero-order valence-corrected chi connectivity index (χ0v) is 20.5. The average molecular weight is 512 g/mol. The SMILES string of the molecule is O=C(c1cc(-c2ccc(Br)cc2)nc2ccccc12)N1CCN(CC=Cc2ccccc2)CC1. The summed E-state index contributed by atoms with van der Waals surface area (Å²) >= 11 is 3.49. The van der Waals surface area contributed by atoms with E-state index in [9.17, 15) is 4.79 Å². The van der Waals surface area contributed by atoms with Gasteiger partial charge >= 0.3 is 0 Å². The number of carbonyl (C=O) groups excluding carboxylic acids is 1. The quantitative estimate of drug-likeness (QED) is 0.323. The minimum absolute atomic E-state index is 0.0800. The van der Waals surface area contributed by atoms with Crippen LogP contribution in [0.4, 0.5) is 0 Å². The normalized spacial score (nSPS) is 14.7. The molecule has 1 aliphatic heterocycles. The molecule has 0 aliphatic carbocycles. The molecule has 0 bridgehead atoms. The summed E-state index contributed by atoms with van der Waals surface area (Å²) in [6, 6.07) is 28.2. The fraction of sp³-hybridized carbons (Fsp3) is 0.172. The minimum Gasteiger partial charge on any atom is -0.336 e. The summed E-state index contributed by atoms with van der Waals surface area (Å²) < 4.78 is 1.02. The number of nitrogens with zero attached hydrogens (tertiary/aromatic N) is 3. The van der Waals surface area contributed by atoms with E-state index in [-0.39, 0.29) is 5.91 Å². The molecule has 2 heterocycles. The zero-order chi connectivity index (χ0) is 23.3. The van der Waals surface area contributed by atoms with Crippen LogP contribution in [0.5, 0.6) is 0 Å². The molecule has 0 saturated carbocycles. The number of hydrogen-bond donors (Lipinski definition) is 0. The number of pyridine rings is 1. The fourth-order valence-corrected chi connectivity index (χ4v) is 4.59. The van der Waals surface area contributed by atoms with Gasteiger partial charge in [-0.15, -0.1) is 0 Å². The van der Waals surface area contributed by atoms with Crippen molar-refractivity contribution < 1.29 is 4.79 Å². The minimum atomic E-state index is 0.0800. The first-order valence-electron chi connectivity index (χ1n) is 11.6. The summed E-state index contributed by atoms with van der Waals surface area (Å²) in [5.41, 5.74) is 4.59. The third-order valence-electron chi connectivity index (χ3n) is 6.22. The molecule has 5 rings (SSSR count). The third-order valence-corrected chi connectivity index (χ3v) is 6.75. The lowest BCUT2D eigenvalue weighted by molar-refractivity contribution is 0.0652. The van der Waals surface area contributed by atoms with Crippen molar-refractivity contribution in [1.29, 1.82) is 0 Å². The molecule has 170 valence electrons. The van der Waals surface area contributed by atoms with Crippen molar-refractivity contribution in [3.63, 3.8) is 0 Å². The van der Waals surface area contributed by atoms with E-state index in [4.69, 9.17) is 4.98 Å². The summed E-state index contributed by atoms with van der Waals surface area (Å²) in [5, 5.41) is 0.904. The van der Waals surface area contributed by atoms with E-state index in [1.54, 1.807) is 0 Å². The topological polar surface area (TPSA) is 36.4 Å². The van der Waals surface area contributed by atoms with Gasteiger partial charge in [-0.05, 0) is 29.8 Å². The maximum absolute atomic E-state index is 13.6.